The Labute approximate surface area is 110 Å². The molecule has 2 rings (SSSR count). The van der Waals surface area contributed by atoms with E-state index in [-0.39, 0.29) is 10.6 Å². The monoisotopic (exact) mass is 291 g/mol. The molecule has 0 spiro atoms. The number of hydrogen-bond acceptors (Lipinski definition) is 4. The molecular weight excluding hydrogens is 282 g/mol. The summed E-state index contributed by atoms with van der Waals surface area (Å²) in [5.74, 6) is -1.13. The number of alkyl halides is 4. The average molecular weight is 291 g/mol. The molecule has 5 nitrogen and oxygen atoms in total. The second kappa shape index (κ2) is 5.16. The molecule has 1 aromatic rings. The van der Waals surface area contributed by atoms with Crippen molar-refractivity contribution in [1.29, 1.82) is 0 Å². The van der Waals surface area contributed by atoms with Gasteiger partial charge in [-0.25, -0.2) is 17.6 Å². The van der Waals surface area contributed by atoms with Crippen LogP contribution in [0.1, 0.15) is 16.8 Å². The molecule has 0 radical (unpaired) electrons. The van der Waals surface area contributed by atoms with Gasteiger partial charge in [-0.1, -0.05) is 0 Å². The maximum Gasteiger partial charge on any atom is 0.287 e. The van der Waals surface area contributed by atoms with Crippen molar-refractivity contribution in [3.05, 3.63) is 30.1 Å². The maximum atomic E-state index is 12.9. The number of carbonyl (C=O) groups excluding carboxylic acids is 1. The molecule has 1 aliphatic heterocycles. The minimum atomic E-state index is -3.44. The molecule has 20 heavy (non-hydrogen) atoms. The summed E-state index contributed by atoms with van der Waals surface area (Å²) >= 11 is 0. The summed E-state index contributed by atoms with van der Waals surface area (Å²) in [5.41, 5.74) is -4.19. The van der Waals surface area contributed by atoms with Crippen LogP contribution in [0.25, 0.3) is 0 Å². The number of aromatic nitrogens is 1. The number of hydrazone groups is 1. The Kier molecular flexibility index (Phi) is 3.71. The highest BCUT2D eigenvalue weighted by molar-refractivity contribution is 5.98. The van der Waals surface area contributed by atoms with Gasteiger partial charge in [0, 0.05) is 18.8 Å². The van der Waals surface area contributed by atoms with Crippen molar-refractivity contribution in [3.63, 3.8) is 0 Å². The topological polar surface area (TPSA) is 65.8 Å². The first kappa shape index (κ1) is 14.4. The lowest BCUT2D eigenvalue weighted by Gasteiger charge is -2.29. The summed E-state index contributed by atoms with van der Waals surface area (Å²) in [6.07, 6.45) is -5.28. The summed E-state index contributed by atoms with van der Waals surface area (Å²) in [7, 11) is 0. The molecule has 0 unspecified atom stereocenters. The Morgan fingerprint density at radius 2 is 2.10 bits per heavy atom. The van der Waals surface area contributed by atoms with E-state index >= 15 is 0 Å². The van der Waals surface area contributed by atoms with Crippen LogP contribution in [0.3, 0.4) is 0 Å². The van der Waals surface area contributed by atoms with Gasteiger partial charge in [0.05, 0.1) is 5.56 Å². The van der Waals surface area contributed by atoms with Gasteiger partial charge in [0.1, 0.15) is 5.71 Å². The highest BCUT2D eigenvalue weighted by Gasteiger charge is 2.53. The van der Waals surface area contributed by atoms with Gasteiger partial charge in [0.25, 0.3) is 18.8 Å². The molecule has 0 aromatic carbocycles. The second-order valence-electron chi connectivity index (χ2n) is 4.11. The Morgan fingerprint density at radius 3 is 2.60 bits per heavy atom. The van der Waals surface area contributed by atoms with E-state index in [1.54, 1.807) is 0 Å². The van der Waals surface area contributed by atoms with E-state index < -0.39 is 36.6 Å². The van der Waals surface area contributed by atoms with Gasteiger partial charge >= 0.3 is 0 Å². The Hall–Kier alpha value is -2.03. The largest absolute Gasteiger partial charge is 0.364 e. The van der Waals surface area contributed by atoms with Crippen molar-refractivity contribution in [3.8, 4) is 0 Å². The van der Waals surface area contributed by atoms with Crippen LogP contribution in [0, 0.1) is 0 Å². The lowest BCUT2D eigenvalue weighted by molar-refractivity contribution is -0.164. The van der Waals surface area contributed by atoms with Gasteiger partial charge in [0.15, 0.2) is 0 Å². The zero-order valence-electron chi connectivity index (χ0n) is 9.88. The number of rotatable bonds is 3. The van der Waals surface area contributed by atoms with Crippen molar-refractivity contribution >= 4 is 11.6 Å². The molecule has 2 heterocycles. The SMILES string of the molecule is O=C(c1cccnc1)N1N=C(C(F)F)C[C@@]1(O)C(F)F. The number of amides is 1. The summed E-state index contributed by atoms with van der Waals surface area (Å²) in [6, 6.07) is 2.61. The van der Waals surface area contributed by atoms with E-state index in [0.29, 0.717) is 0 Å². The summed E-state index contributed by atoms with van der Waals surface area (Å²) < 4.78 is 50.9. The molecule has 1 amide bonds. The van der Waals surface area contributed by atoms with Crippen molar-refractivity contribution in [1.82, 2.24) is 9.99 Å². The Morgan fingerprint density at radius 1 is 1.40 bits per heavy atom. The number of nitrogens with zero attached hydrogens (tertiary/aromatic N) is 3. The number of pyridine rings is 1. The Bertz CT molecular complexity index is 538. The van der Waals surface area contributed by atoms with E-state index in [1.165, 1.54) is 18.3 Å². The third-order valence-corrected chi connectivity index (χ3v) is 2.74. The molecule has 1 aliphatic rings. The molecular formula is C11H9F4N3O2. The molecule has 9 heteroatoms. The fourth-order valence-corrected chi connectivity index (χ4v) is 1.72. The van der Waals surface area contributed by atoms with Crippen molar-refractivity contribution in [2.75, 3.05) is 0 Å². The molecule has 0 fully saturated rings. The number of carbonyl (C=O) groups is 1. The van der Waals surface area contributed by atoms with Crippen LogP contribution in [-0.4, -0.2) is 45.3 Å². The minimum absolute atomic E-state index is 0.00380. The van der Waals surface area contributed by atoms with Crippen molar-refractivity contribution < 1.29 is 27.5 Å². The van der Waals surface area contributed by atoms with Gasteiger partial charge in [-0.15, -0.1) is 0 Å². The first-order valence-corrected chi connectivity index (χ1v) is 5.47. The second-order valence-corrected chi connectivity index (χ2v) is 4.11. The zero-order valence-corrected chi connectivity index (χ0v) is 9.88. The van der Waals surface area contributed by atoms with Gasteiger partial charge < -0.3 is 5.11 Å². The number of hydrogen-bond donors (Lipinski definition) is 1. The first-order chi connectivity index (χ1) is 9.36. The van der Waals surface area contributed by atoms with E-state index in [9.17, 15) is 27.5 Å². The molecule has 1 atom stereocenters. The molecule has 0 saturated heterocycles. The predicted molar refractivity (Wildman–Crippen MR) is 59.4 cm³/mol. The van der Waals surface area contributed by atoms with Crippen LogP contribution in [-0.2, 0) is 0 Å². The predicted octanol–water partition coefficient (Wildman–Crippen LogP) is 1.50. The zero-order chi connectivity index (χ0) is 14.9. The molecule has 0 bridgehead atoms. The highest BCUT2D eigenvalue weighted by atomic mass is 19.3. The quantitative estimate of drug-likeness (QED) is 0.858. The average Bonchev–Trinajstić information content (AvgIpc) is 2.79. The summed E-state index contributed by atoms with van der Waals surface area (Å²) in [4.78, 5) is 15.6. The van der Waals surface area contributed by atoms with Crippen LogP contribution in [0.4, 0.5) is 17.6 Å². The van der Waals surface area contributed by atoms with Crippen LogP contribution in [0.15, 0.2) is 29.6 Å². The van der Waals surface area contributed by atoms with Crippen LogP contribution >= 0.6 is 0 Å². The molecule has 1 aromatic heterocycles. The van der Waals surface area contributed by atoms with Crippen LogP contribution in [0.5, 0.6) is 0 Å². The highest BCUT2D eigenvalue weighted by Crippen LogP contribution is 2.34. The summed E-state index contributed by atoms with van der Waals surface area (Å²) in [5, 5.41) is 12.9. The molecule has 1 N–H and O–H groups in total. The third kappa shape index (κ3) is 2.36. The standard InChI is InChI=1S/C11H9F4N3O2/c12-8(13)7-4-11(20,10(14)15)18(17-7)9(19)6-2-1-3-16-5-6/h1-3,5,8,10,20H,4H2/t11-/m1/s1. The molecule has 0 saturated carbocycles. The van der Waals surface area contributed by atoms with Gasteiger partial charge in [0.2, 0.25) is 5.72 Å². The smallest absolute Gasteiger partial charge is 0.287 e. The van der Waals surface area contributed by atoms with Crippen molar-refractivity contribution in [2.45, 2.75) is 25.0 Å². The van der Waals surface area contributed by atoms with Gasteiger partial charge in [-0.05, 0) is 12.1 Å². The van der Waals surface area contributed by atoms with Gasteiger partial charge in [-0.2, -0.15) is 10.1 Å². The lowest BCUT2D eigenvalue weighted by Crippen LogP contribution is -2.51. The fourth-order valence-electron chi connectivity index (χ4n) is 1.72. The van der Waals surface area contributed by atoms with E-state index in [4.69, 9.17) is 0 Å². The molecule has 108 valence electrons. The lowest BCUT2D eigenvalue weighted by atomic mass is 10.1. The van der Waals surface area contributed by atoms with Gasteiger partial charge in [-0.3, -0.25) is 9.78 Å². The number of halogens is 4. The minimum Gasteiger partial charge on any atom is -0.364 e. The van der Waals surface area contributed by atoms with Crippen LogP contribution < -0.4 is 0 Å². The van der Waals surface area contributed by atoms with E-state index in [1.807, 2.05) is 0 Å². The number of aliphatic hydroxyl groups is 1. The normalized spacial score (nSPS) is 22.6. The fraction of sp³-hybridized carbons (Fsp3) is 0.364. The molecule has 0 aliphatic carbocycles. The van der Waals surface area contributed by atoms with Crippen LogP contribution in [0.2, 0.25) is 0 Å². The summed E-state index contributed by atoms with van der Waals surface area (Å²) in [6.45, 7) is 0. The first-order valence-electron chi connectivity index (χ1n) is 5.47. The van der Waals surface area contributed by atoms with E-state index in [2.05, 4.69) is 10.1 Å². The van der Waals surface area contributed by atoms with E-state index in [0.717, 1.165) is 6.20 Å². The Balaban J connectivity index is 2.38. The maximum absolute atomic E-state index is 12.9. The van der Waals surface area contributed by atoms with Crippen molar-refractivity contribution in [2.24, 2.45) is 5.10 Å². The third-order valence-electron chi connectivity index (χ3n) is 2.74.